The lowest BCUT2D eigenvalue weighted by Gasteiger charge is -2.10. The third-order valence-electron chi connectivity index (χ3n) is 2.96. The number of hydrogen-bond acceptors (Lipinski definition) is 3. The number of imidazole rings is 1. The van der Waals surface area contributed by atoms with Crippen molar-refractivity contribution < 1.29 is 5.11 Å². The molecular formula is C14H18BrN3O. The molecular weight excluding hydrogens is 306 g/mol. The number of aromatic nitrogens is 2. The number of rotatable bonds is 6. The number of benzene rings is 1. The molecule has 0 aliphatic carbocycles. The molecule has 1 unspecified atom stereocenters. The maximum Gasteiger partial charge on any atom is 0.120 e. The van der Waals surface area contributed by atoms with E-state index in [9.17, 15) is 0 Å². The largest absolute Gasteiger partial charge is 0.396 e. The minimum atomic E-state index is 0.205. The van der Waals surface area contributed by atoms with Crippen LogP contribution in [0.2, 0.25) is 0 Å². The standard InChI is InChI=1S/C14H18BrN3O/c1-10(6-7-19)16-9-14-17-8-13(18-14)11-2-4-12(15)5-3-11/h2-5,8,10,16,19H,6-7,9H2,1H3,(H,17,18). The first-order chi connectivity index (χ1) is 9.19. The van der Waals surface area contributed by atoms with E-state index in [0.717, 1.165) is 28.0 Å². The molecule has 5 heteroatoms. The van der Waals surface area contributed by atoms with Gasteiger partial charge in [-0.25, -0.2) is 4.98 Å². The van der Waals surface area contributed by atoms with Gasteiger partial charge in [-0.15, -0.1) is 0 Å². The van der Waals surface area contributed by atoms with E-state index in [1.165, 1.54) is 0 Å². The smallest absolute Gasteiger partial charge is 0.120 e. The lowest BCUT2D eigenvalue weighted by molar-refractivity contribution is 0.268. The highest BCUT2D eigenvalue weighted by Gasteiger charge is 2.05. The van der Waals surface area contributed by atoms with Crippen LogP contribution in [0.5, 0.6) is 0 Å². The van der Waals surface area contributed by atoms with E-state index < -0.39 is 0 Å². The van der Waals surface area contributed by atoms with Crippen molar-refractivity contribution in [3.63, 3.8) is 0 Å². The van der Waals surface area contributed by atoms with Crippen molar-refractivity contribution in [2.75, 3.05) is 6.61 Å². The Hall–Kier alpha value is -1.17. The zero-order chi connectivity index (χ0) is 13.7. The number of hydrogen-bond donors (Lipinski definition) is 3. The second-order valence-electron chi connectivity index (χ2n) is 4.54. The first-order valence-corrected chi connectivity index (χ1v) is 7.12. The van der Waals surface area contributed by atoms with Gasteiger partial charge in [-0.1, -0.05) is 28.1 Å². The van der Waals surface area contributed by atoms with Crippen LogP contribution in [-0.2, 0) is 6.54 Å². The van der Waals surface area contributed by atoms with Crippen molar-refractivity contribution in [3.8, 4) is 11.3 Å². The highest BCUT2D eigenvalue weighted by molar-refractivity contribution is 9.10. The molecule has 2 aromatic rings. The van der Waals surface area contributed by atoms with Crippen molar-refractivity contribution >= 4 is 15.9 Å². The van der Waals surface area contributed by atoms with Crippen LogP contribution in [0.1, 0.15) is 19.2 Å². The second kappa shape index (κ2) is 6.84. The predicted molar refractivity (Wildman–Crippen MR) is 79.7 cm³/mol. The van der Waals surface area contributed by atoms with Crippen molar-refractivity contribution in [2.24, 2.45) is 0 Å². The molecule has 4 nitrogen and oxygen atoms in total. The van der Waals surface area contributed by atoms with Crippen LogP contribution < -0.4 is 5.32 Å². The van der Waals surface area contributed by atoms with Crippen molar-refractivity contribution in [2.45, 2.75) is 25.9 Å². The van der Waals surface area contributed by atoms with Gasteiger partial charge in [0.15, 0.2) is 0 Å². The maximum atomic E-state index is 8.84. The Kier molecular flexibility index (Phi) is 5.13. The van der Waals surface area contributed by atoms with E-state index in [1.807, 2.05) is 30.5 Å². The summed E-state index contributed by atoms with van der Waals surface area (Å²) in [6.45, 7) is 2.93. The Morgan fingerprint density at radius 1 is 1.37 bits per heavy atom. The van der Waals surface area contributed by atoms with Crippen LogP contribution >= 0.6 is 15.9 Å². The molecule has 1 aromatic carbocycles. The molecule has 0 aliphatic heterocycles. The normalized spacial score (nSPS) is 12.6. The molecule has 0 aliphatic rings. The lowest BCUT2D eigenvalue weighted by atomic mass is 10.2. The topological polar surface area (TPSA) is 60.9 Å². The lowest BCUT2D eigenvalue weighted by Crippen LogP contribution is -2.26. The summed E-state index contributed by atoms with van der Waals surface area (Å²) in [5.74, 6) is 0.905. The van der Waals surface area contributed by atoms with Gasteiger partial charge in [0.2, 0.25) is 0 Å². The average Bonchev–Trinajstić information content (AvgIpc) is 2.86. The van der Waals surface area contributed by atoms with Gasteiger partial charge >= 0.3 is 0 Å². The molecule has 19 heavy (non-hydrogen) atoms. The molecule has 0 radical (unpaired) electrons. The van der Waals surface area contributed by atoms with Gasteiger partial charge in [0.05, 0.1) is 18.4 Å². The molecule has 3 N–H and O–H groups in total. The maximum absolute atomic E-state index is 8.84. The van der Waals surface area contributed by atoms with Crippen LogP contribution in [0.15, 0.2) is 34.9 Å². The van der Waals surface area contributed by atoms with Gasteiger partial charge in [0.25, 0.3) is 0 Å². The Morgan fingerprint density at radius 2 is 2.11 bits per heavy atom. The fourth-order valence-corrected chi connectivity index (χ4v) is 2.06. The van der Waals surface area contributed by atoms with E-state index in [1.54, 1.807) is 0 Å². The summed E-state index contributed by atoms with van der Waals surface area (Å²) in [5.41, 5.74) is 2.13. The Balaban J connectivity index is 1.97. The minimum Gasteiger partial charge on any atom is -0.396 e. The fraction of sp³-hybridized carbons (Fsp3) is 0.357. The number of halogens is 1. The third kappa shape index (κ3) is 4.16. The predicted octanol–water partition coefficient (Wildman–Crippen LogP) is 2.70. The molecule has 0 saturated heterocycles. The third-order valence-corrected chi connectivity index (χ3v) is 3.49. The zero-order valence-corrected chi connectivity index (χ0v) is 12.4. The number of aliphatic hydroxyl groups is 1. The Bertz CT molecular complexity index is 510. The molecule has 0 amide bonds. The van der Waals surface area contributed by atoms with E-state index in [0.29, 0.717) is 6.54 Å². The highest BCUT2D eigenvalue weighted by Crippen LogP contribution is 2.19. The molecule has 1 aromatic heterocycles. The fourth-order valence-electron chi connectivity index (χ4n) is 1.80. The minimum absolute atomic E-state index is 0.205. The summed E-state index contributed by atoms with van der Waals surface area (Å²) in [6.07, 6.45) is 2.59. The van der Waals surface area contributed by atoms with E-state index in [-0.39, 0.29) is 12.6 Å². The van der Waals surface area contributed by atoms with Crippen molar-refractivity contribution in [3.05, 3.63) is 40.8 Å². The van der Waals surface area contributed by atoms with Crippen LogP contribution in [-0.4, -0.2) is 27.7 Å². The molecule has 0 bridgehead atoms. The van der Waals surface area contributed by atoms with Crippen LogP contribution in [0.3, 0.4) is 0 Å². The van der Waals surface area contributed by atoms with Crippen LogP contribution in [0.25, 0.3) is 11.3 Å². The van der Waals surface area contributed by atoms with E-state index in [2.05, 4.69) is 38.1 Å². The van der Waals surface area contributed by atoms with Gasteiger partial charge in [-0.05, 0) is 31.0 Å². The average molecular weight is 324 g/mol. The number of H-pyrrole nitrogens is 1. The van der Waals surface area contributed by atoms with Gasteiger partial charge in [-0.2, -0.15) is 0 Å². The highest BCUT2D eigenvalue weighted by atomic mass is 79.9. The molecule has 102 valence electrons. The van der Waals surface area contributed by atoms with Gasteiger partial charge in [0.1, 0.15) is 5.82 Å². The molecule has 0 fully saturated rings. The number of nitrogens with one attached hydrogen (secondary N) is 2. The Labute approximate surface area is 121 Å². The summed E-state index contributed by atoms with van der Waals surface area (Å²) >= 11 is 3.42. The van der Waals surface area contributed by atoms with Crippen LogP contribution in [0.4, 0.5) is 0 Å². The number of aromatic amines is 1. The monoisotopic (exact) mass is 323 g/mol. The summed E-state index contributed by atoms with van der Waals surface area (Å²) in [4.78, 5) is 7.65. The van der Waals surface area contributed by atoms with Gasteiger partial charge in [-0.3, -0.25) is 0 Å². The first kappa shape index (κ1) is 14.2. The van der Waals surface area contributed by atoms with Crippen molar-refractivity contribution in [1.82, 2.24) is 15.3 Å². The summed E-state index contributed by atoms with van der Waals surface area (Å²) in [6, 6.07) is 8.40. The van der Waals surface area contributed by atoms with Crippen LogP contribution in [0, 0.1) is 0 Å². The van der Waals surface area contributed by atoms with Gasteiger partial charge < -0.3 is 15.4 Å². The second-order valence-corrected chi connectivity index (χ2v) is 5.46. The molecule has 1 atom stereocenters. The summed E-state index contributed by atoms with van der Waals surface area (Å²) < 4.78 is 1.07. The Morgan fingerprint density at radius 3 is 2.79 bits per heavy atom. The van der Waals surface area contributed by atoms with E-state index in [4.69, 9.17) is 5.11 Å². The molecule has 2 rings (SSSR count). The molecule has 1 heterocycles. The number of nitrogens with zero attached hydrogens (tertiary/aromatic N) is 1. The van der Waals surface area contributed by atoms with Crippen molar-refractivity contribution in [1.29, 1.82) is 0 Å². The quantitative estimate of drug-likeness (QED) is 0.766. The van der Waals surface area contributed by atoms with Gasteiger partial charge in [0, 0.05) is 17.1 Å². The molecule has 0 spiro atoms. The summed E-state index contributed by atoms with van der Waals surface area (Å²) in [7, 11) is 0. The molecule has 0 saturated carbocycles. The SMILES string of the molecule is CC(CCO)NCc1ncc(-c2ccc(Br)cc2)[nH]1. The van der Waals surface area contributed by atoms with E-state index >= 15 is 0 Å². The zero-order valence-electron chi connectivity index (χ0n) is 10.9. The number of aliphatic hydroxyl groups excluding tert-OH is 1. The first-order valence-electron chi connectivity index (χ1n) is 6.33. The summed E-state index contributed by atoms with van der Waals surface area (Å²) in [5, 5.41) is 12.2.